The van der Waals surface area contributed by atoms with E-state index in [0.29, 0.717) is 5.69 Å². The molecule has 0 saturated carbocycles. The molecule has 1 N–H and O–H groups in total. The first kappa shape index (κ1) is 19.9. The molecule has 0 heterocycles. The van der Waals surface area contributed by atoms with Gasteiger partial charge in [0.2, 0.25) is 9.84 Å². The molecule has 0 fully saturated rings. The summed E-state index contributed by atoms with van der Waals surface area (Å²) >= 11 is 0. The third-order valence-corrected chi connectivity index (χ3v) is 7.29. The van der Waals surface area contributed by atoms with Crippen LogP contribution in [0.5, 0.6) is 0 Å². The minimum absolute atomic E-state index is 0.0250. The SMILES string of the molecule is CN(C)c1ccc(NS(=O)(=O)c2ccccc2)cc1S(=O)(=O)c1ccccc1. The van der Waals surface area contributed by atoms with Crippen LogP contribution in [-0.4, -0.2) is 30.9 Å². The minimum atomic E-state index is -3.83. The summed E-state index contributed by atoms with van der Waals surface area (Å²) in [7, 11) is -4.21. The monoisotopic (exact) mass is 416 g/mol. The van der Waals surface area contributed by atoms with E-state index in [1.807, 2.05) is 0 Å². The number of hydrogen-bond acceptors (Lipinski definition) is 5. The molecule has 0 aliphatic heterocycles. The molecule has 0 aliphatic rings. The van der Waals surface area contributed by atoms with Crippen LogP contribution in [0.4, 0.5) is 11.4 Å². The number of sulfonamides is 1. The molecule has 8 heteroatoms. The molecule has 3 aromatic carbocycles. The Morgan fingerprint density at radius 2 is 1.25 bits per heavy atom. The maximum absolute atomic E-state index is 13.1. The molecule has 3 aromatic rings. The summed E-state index contributed by atoms with van der Waals surface area (Å²) in [4.78, 5) is 1.93. The van der Waals surface area contributed by atoms with Crippen molar-refractivity contribution in [1.82, 2.24) is 0 Å². The quantitative estimate of drug-likeness (QED) is 0.666. The van der Waals surface area contributed by atoms with Crippen LogP contribution >= 0.6 is 0 Å². The second-order valence-corrected chi connectivity index (χ2v) is 9.91. The highest BCUT2D eigenvalue weighted by Crippen LogP contribution is 2.32. The van der Waals surface area contributed by atoms with E-state index in [2.05, 4.69) is 4.72 Å². The Morgan fingerprint density at radius 1 is 0.714 bits per heavy atom. The van der Waals surface area contributed by atoms with Crippen LogP contribution in [0, 0.1) is 0 Å². The summed E-state index contributed by atoms with van der Waals surface area (Å²) in [6.45, 7) is 0. The van der Waals surface area contributed by atoms with Crippen LogP contribution in [-0.2, 0) is 19.9 Å². The Bertz CT molecular complexity index is 1180. The van der Waals surface area contributed by atoms with Gasteiger partial charge in [-0.1, -0.05) is 36.4 Å². The molecule has 0 atom stereocenters. The van der Waals surface area contributed by atoms with E-state index in [1.54, 1.807) is 67.5 Å². The number of anilines is 2. The topological polar surface area (TPSA) is 83.6 Å². The lowest BCUT2D eigenvalue weighted by Gasteiger charge is -2.19. The van der Waals surface area contributed by atoms with Gasteiger partial charge >= 0.3 is 0 Å². The molecule has 0 unspecified atom stereocenters. The maximum atomic E-state index is 13.1. The Labute approximate surface area is 165 Å². The fraction of sp³-hybridized carbons (Fsp3) is 0.100. The molecular formula is C20H20N2O4S2. The first-order valence-electron chi connectivity index (χ1n) is 8.41. The second kappa shape index (κ2) is 7.65. The lowest BCUT2D eigenvalue weighted by Crippen LogP contribution is -2.16. The van der Waals surface area contributed by atoms with Gasteiger partial charge in [0.15, 0.2) is 0 Å². The molecule has 0 aromatic heterocycles. The Morgan fingerprint density at radius 3 is 1.79 bits per heavy atom. The van der Waals surface area contributed by atoms with Crippen molar-refractivity contribution >= 4 is 31.2 Å². The average Bonchev–Trinajstić information content (AvgIpc) is 2.69. The van der Waals surface area contributed by atoms with E-state index in [4.69, 9.17) is 0 Å². The van der Waals surface area contributed by atoms with E-state index in [1.165, 1.54) is 30.3 Å². The number of nitrogens with one attached hydrogen (secondary N) is 1. The van der Waals surface area contributed by atoms with Crippen LogP contribution in [0.15, 0.2) is 93.5 Å². The second-order valence-electron chi connectivity index (χ2n) is 6.31. The lowest BCUT2D eigenvalue weighted by molar-refractivity contribution is 0.595. The smallest absolute Gasteiger partial charge is 0.261 e. The predicted octanol–water partition coefficient (Wildman–Crippen LogP) is 3.39. The van der Waals surface area contributed by atoms with Gasteiger partial charge in [0, 0.05) is 14.1 Å². The first-order chi connectivity index (χ1) is 13.2. The largest absolute Gasteiger partial charge is 0.377 e. The van der Waals surface area contributed by atoms with E-state index in [0.717, 1.165) is 0 Å². The molecule has 0 radical (unpaired) electrons. The van der Waals surface area contributed by atoms with Crippen molar-refractivity contribution in [1.29, 1.82) is 0 Å². The number of sulfone groups is 1. The zero-order valence-electron chi connectivity index (χ0n) is 15.4. The summed E-state index contributed by atoms with van der Waals surface area (Å²) in [6.07, 6.45) is 0. The summed E-state index contributed by atoms with van der Waals surface area (Å²) < 4.78 is 53.9. The third-order valence-electron chi connectivity index (χ3n) is 4.09. The van der Waals surface area contributed by atoms with Gasteiger partial charge in [-0.05, 0) is 42.5 Å². The van der Waals surface area contributed by atoms with Gasteiger partial charge in [-0.2, -0.15) is 0 Å². The van der Waals surface area contributed by atoms with Crippen LogP contribution < -0.4 is 9.62 Å². The van der Waals surface area contributed by atoms with Crippen molar-refractivity contribution in [3.8, 4) is 0 Å². The molecule has 0 spiro atoms. The fourth-order valence-electron chi connectivity index (χ4n) is 2.70. The Kier molecular flexibility index (Phi) is 5.44. The van der Waals surface area contributed by atoms with Crippen LogP contribution in [0.3, 0.4) is 0 Å². The van der Waals surface area contributed by atoms with Gasteiger partial charge in [0.25, 0.3) is 10.0 Å². The minimum Gasteiger partial charge on any atom is -0.377 e. The van der Waals surface area contributed by atoms with Gasteiger partial charge in [-0.25, -0.2) is 16.8 Å². The third kappa shape index (κ3) is 4.02. The molecule has 0 aliphatic carbocycles. The lowest BCUT2D eigenvalue weighted by atomic mass is 10.3. The summed E-state index contributed by atoms with van der Waals surface area (Å²) in [5, 5.41) is 0. The fourth-order valence-corrected chi connectivity index (χ4v) is 5.35. The molecule has 28 heavy (non-hydrogen) atoms. The number of benzene rings is 3. The van der Waals surface area contributed by atoms with Crippen molar-refractivity contribution < 1.29 is 16.8 Å². The molecule has 0 amide bonds. The van der Waals surface area contributed by atoms with Gasteiger partial charge in [0.05, 0.1) is 26.1 Å². The molecule has 3 rings (SSSR count). The number of rotatable bonds is 6. The van der Waals surface area contributed by atoms with Crippen LogP contribution in [0.1, 0.15) is 0 Å². The number of hydrogen-bond donors (Lipinski definition) is 1. The van der Waals surface area contributed by atoms with Crippen molar-refractivity contribution in [2.75, 3.05) is 23.7 Å². The van der Waals surface area contributed by atoms with E-state index in [9.17, 15) is 16.8 Å². The highest BCUT2D eigenvalue weighted by Gasteiger charge is 2.24. The highest BCUT2D eigenvalue weighted by molar-refractivity contribution is 7.93. The summed E-state index contributed by atoms with van der Waals surface area (Å²) in [6, 6.07) is 20.4. The molecule has 0 bridgehead atoms. The molecule has 146 valence electrons. The van der Waals surface area contributed by atoms with Gasteiger partial charge in [0.1, 0.15) is 0 Å². The van der Waals surface area contributed by atoms with Crippen LogP contribution in [0.2, 0.25) is 0 Å². The van der Waals surface area contributed by atoms with Crippen molar-refractivity contribution in [3.63, 3.8) is 0 Å². The zero-order valence-corrected chi connectivity index (χ0v) is 17.0. The van der Waals surface area contributed by atoms with Gasteiger partial charge < -0.3 is 4.90 Å². The molecular weight excluding hydrogens is 396 g/mol. The maximum Gasteiger partial charge on any atom is 0.261 e. The van der Waals surface area contributed by atoms with Crippen molar-refractivity contribution in [2.45, 2.75) is 14.7 Å². The Hall–Kier alpha value is -2.84. The zero-order chi connectivity index (χ0) is 20.4. The van der Waals surface area contributed by atoms with E-state index < -0.39 is 19.9 Å². The first-order valence-corrected chi connectivity index (χ1v) is 11.4. The number of nitrogens with zero attached hydrogens (tertiary/aromatic N) is 1. The van der Waals surface area contributed by atoms with Gasteiger partial charge in [-0.15, -0.1) is 0 Å². The predicted molar refractivity (Wildman–Crippen MR) is 110 cm³/mol. The Balaban J connectivity index is 2.09. The van der Waals surface area contributed by atoms with E-state index >= 15 is 0 Å². The van der Waals surface area contributed by atoms with Crippen LogP contribution in [0.25, 0.3) is 0 Å². The van der Waals surface area contributed by atoms with Crippen molar-refractivity contribution in [2.24, 2.45) is 0 Å². The van der Waals surface area contributed by atoms with Crippen molar-refractivity contribution in [3.05, 3.63) is 78.9 Å². The molecule has 0 saturated heterocycles. The van der Waals surface area contributed by atoms with E-state index in [-0.39, 0.29) is 20.4 Å². The highest BCUT2D eigenvalue weighted by atomic mass is 32.2. The summed E-state index contributed by atoms with van der Waals surface area (Å²) in [5.41, 5.74) is 0.635. The molecule has 6 nitrogen and oxygen atoms in total. The normalized spacial score (nSPS) is 11.8. The average molecular weight is 417 g/mol. The summed E-state index contributed by atoms with van der Waals surface area (Å²) in [5.74, 6) is 0. The standard InChI is InChI=1S/C20H20N2O4S2/c1-22(2)19-14-13-16(21-28(25,26)18-11-7-4-8-12-18)15-20(19)27(23,24)17-9-5-3-6-10-17/h3-15,21H,1-2H3. The van der Waals surface area contributed by atoms with Gasteiger partial charge in [-0.3, -0.25) is 4.72 Å².